The molecule has 6 heteroatoms. The molecular weight excluding hydrogens is 314 g/mol. The predicted octanol–water partition coefficient (Wildman–Crippen LogP) is 3.45. The molecule has 1 saturated carbocycles. The summed E-state index contributed by atoms with van der Waals surface area (Å²) < 4.78 is 7.50. The van der Waals surface area contributed by atoms with Gasteiger partial charge in [0.05, 0.1) is 41.0 Å². The van der Waals surface area contributed by atoms with Crippen molar-refractivity contribution in [1.29, 1.82) is 5.26 Å². The first kappa shape index (κ1) is 14.2. The quantitative estimate of drug-likeness (QED) is 0.575. The molecule has 0 bridgehead atoms. The van der Waals surface area contributed by atoms with Crippen LogP contribution in [0.15, 0.2) is 35.0 Å². The van der Waals surface area contributed by atoms with Crippen molar-refractivity contribution in [3.8, 4) is 6.07 Å². The Kier molecular flexibility index (Phi) is 2.92. The Morgan fingerprint density at radius 2 is 2.16 bits per heavy atom. The molecule has 5 rings (SSSR count). The Balaban J connectivity index is 1.62. The molecule has 0 N–H and O–H groups in total. The average Bonchev–Trinajstić information content (AvgIpc) is 3.30. The molecule has 3 aromatic heterocycles. The van der Waals surface area contributed by atoms with Crippen LogP contribution in [0.5, 0.6) is 0 Å². The van der Waals surface area contributed by atoms with Gasteiger partial charge in [0.15, 0.2) is 0 Å². The molecule has 0 amide bonds. The van der Waals surface area contributed by atoms with Crippen LogP contribution < -0.4 is 0 Å². The average molecular weight is 329 g/mol. The molecule has 6 nitrogen and oxygen atoms in total. The number of aromatic nitrogens is 4. The highest BCUT2D eigenvalue weighted by Gasteiger charge is 2.28. The summed E-state index contributed by atoms with van der Waals surface area (Å²) in [5.41, 5.74) is 4.19. The van der Waals surface area contributed by atoms with Crippen LogP contribution in [0.3, 0.4) is 0 Å². The van der Waals surface area contributed by atoms with Gasteiger partial charge in [0, 0.05) is 24.4 Å². The van der Waals surface area contributed by atoms with Crippen LogP contribution in [0, 0.1) is 11.3 Å². The Hall–Kier alpha value is -3.20. The van der Waals surface area contributed by atoms with E-state index in [0.29, 0.717) is 17.9 Å². The number of nitriles is 1. The van der Waals surface area contributed by atoms with Gasteiger partial charge in [-0.15, -0.1) is 0 Å². The van der Waals surface area contributed by atoms with E-state index in [4.69, 9.17) is 9.51 Å². The number of benzene rings is 1. The van der Waals surface area contributed by atoms with Crippen LogP contribution in [0.2, 0.25) is 0 Å². The van der Waals surface area contributed by atoms with Gasteiger partial charge in [0.25, 0.3) is 0 Å². The van der Waals surface area contributed by atoms with Gasteiger partial charge in [0.1, 0.15) is 17.1 Å². The summed E-state index contributed by atoms with van der Waals surface area (Å²) in [6.45, 7) is 0. The molecule has 0 saturated heterocycles. The lowest BCUT2D eigenvalue weighted by Gasteiger charge is -2.03. The van der Waals surface area contributed by atoms with Gasteiger partial charge < -0.3 is 9.09 Å². The van der Waals surface area contributed by atoms with E-state index in [0.717, 1.165) is 39.2 Å². The van der Waals surface area contributed by atoms with Crippen LogP contribution in [0.1, 0.15) is 41.6 Å². The Morgan fingerprint density at radius 3 is 2.96 bits per heavy atom. The number of aryl methyl sites for hydroxylation is 1. The summed E-state index contributed by atoms with van der Waals surface area (Å²) in [6.07, 6.45) is 4.78. The first-order chi connectivity index (χ1) is 12.2. The van der Waals surface area contributed by atoms with Crippen molar-refractivity contribution in [2.75, 3.05) is 0 Å². The minimum atomic E-state index is 0.555. The fourth-order valence-corrected chi connectivity index (χ4v) is 3.31. The van der Waals surface area contributed by atoms with Crippen LogP contribution in [-0.4, -0.2) is 19.7 Å². The zero-order valence-electron chi connectivity index (χ0n) is 13.7. The molecule has 0 spiro atoms. The fraction of sp³-hybridized carbons (Fsp3) is 0.263. The van der Waals surface area contributed by atoms with Crippen molar-refractivity contribution in [1.82, 2.24) is 19.7 Å². The maximum atomic E-state index is 9.18. The van der Waals surface area contributed by atoms with Crippen LogP contribution in [0.4, 0.5) is 0 Å². The number of imidazole rings is 1. The van der Waals surface area contributed by atoms with Crippen LogP contribution in [0.25, 0.3) is 21.9 Å². The Labute approximate surface area is 143 Å². The Morgan fingerprint density at radius 1 is 1.28 bits per heavy atom. The number of hydrogen-bond donors (Lipinski definition) is 0. The summed E-state index contributed by atoms with van der Waals surface area (Å²) in [7, 11) is 1.99. The maximum absolute atomic E-state index is 9.18. The van der Waals surface area contributed by atoms with Gasteiger partial charge >= 0.3 is 0 Å². The normalized spacial score (nSPS) is 14.2. The summed E-state index contributed by atoms with van der Waals surface area (Å²) in [5, 5.41) is 14.3. The minimum Gasteiger partial charge on any atom is -0.361 e. The van der Waals surface area contributed by atoms with E-state index >= 15 is 0 Å². The lowest BCUT2D eigenvalue weighted by molar-refractivity contribution is 0.379. The van der Waals surface area contributed by atoms with Crippen LogP contribution in [-0.2, 0) is 13.5 Å². The molecule has 0 atom stereocenters. The van der Waals surface area contributed by atoms with Gasteiger partial charge in [-0.05, 0) is 31.0 Å². The predicted molar refractivity (Wildman–Crippen MR) is 92.0 cm³/mol. The topological polar surface area (TPSA) is 80.5 Å². The van der Waals surface area contributed by atoms with E-state index in [1.165, 1.54) is 12.8 Å². The third-order valence-electron chi connectivity index (χ3n) is 4.82. The largest absolute Gasteiger partial charge is 0.361 e. The highest BCUT2D eigenvalue weighted by Crippen LogP contribution is 2.40. The second-order valence-corrected chi connectivity index (χ2v) is 6.59. The third-order valence-corrected chi connectivity index (χ3v) is 4.82. The summed E-state index contributed by atoms with van der Waals surface area (Å²) in [5.74, 6) is 2.45. The summed E-state index contributed by atoms with van der Waals surface area (Å²) in [4.78, 5) is 9.18. The van der Waals surface area contributed by atoms with Gasteiger partial charge in [-0.1, -0.05) is 5.16 Å². The lowest BCUT2D eigenvalue weighted by atomic mass is 10.1. The molecular formula is C19H15N5O. The smallest absolute Gasteiger partial charge is 0.140 e. The maximum Gasteiger partial charge on any atom is 0.140 e. The third kappa shape index (κ3) is 2.28. The van der Waals surface area contributed by atoms with E-state index in [1.807, 2.05) is 25.2 Å². The molecule has 0 unspecified atom stereocenters. The number of fused-ring (bicyclic) bond motifs is 3. The summed E-state index contributed by atoms with van der Waals surface area (Å²) in [6, 6.07) is 9.76. The van der Waals surface area contributed by atoms with E-state index in [1.54, 1.807) is 12.3 Å². The molecule has 1 aliphatic carbocycles. The highest BCUT2D eigenvalue weighted by atomic mass is 16.5. The molecule has 25 heavy (non-hydrogen) atoms. The zero-order chi connectivity index (χ0) is 17.0. The van der Waals surface area contributed by atoms with Gasteiger partial charge in [-0.2, -0.15) is 5.26 Å². The summed E-state index contributed by atoms with van der Waals surface area (Å²) >= 11 is 0. The second kappa shape index (κ2) is 5.15. The van der Waals surface area contributed by atoms with E-state index in [-0.39, 0.29) is 0 Å². The van der Waals surface area contributed by atoms with Crippen molar-refractivity contribution >= 4 is 21.9 Å². The standard InChI is InChI=1S/C19H15N5O/c1-24-18(8-13-7-17(25-23-13)12-3-4-12)22-16-10-21-15-5-2-11(9-20)6-14(15)19(16)24/h2,5-7,10,12H,3-4,8H2,1H3. The zero-order valence-corrected chi connectivity index (χ0v) is 13.7. The first-order valence-corrected chi connectivity index (χ1v) is 8.32. The SMILES string of the molecule is Cn1c(Cc2cc(C3CC3)on2)nc2cnc3ccc(C#N)cc3c21. The molecule has 1 fully saturated rings. The number of rotatable bonds is 3. The Bertz CT molecular complexity index is 1160. The molecule has 3 heterocycles. The molecule has 4 aromatic rings. The number of nitrogens with zero attached hydrogens (tertiary/aromatic N) is 5. The monoisotopic (exact) mass is 329 g/mol. The van der Waals surface area contributed by atoms with Crippen molar-refractivity contribution in [3.63, 3.8) is 0 Å². The van der Waals surface area contributed by atoms with Crippen molar-refractivity contribution in [2.45, 2.75) is 25.2 Å². The van der Waals surface area contributed by atoms with E-state index in [9.17, 15) is 5.26 Å². The number of pyridine rings is 1. The molecule has 122 valence electrons. The molecule has 0 radical (unpaired) electrons. The molecule has 1 aromatic carbocycles. The van der Waals surface area contributed by atoms with Crippen molar-refractivity contribution in [2.24, 2.45) is 7.05 Å². The van der Waals surface area contributed by atoms with E-state index < -0.39 is 0 Å². The van der Waals surface area contributed by atoms with Gasteiger partial charge in [-0.3, -0.25) is 4.98 Å². The highest BCUT2D eigenvalue weighted by molar-refractivity contribution is 6.02. The van der Waals surface area contributed by atoms with Crippen molar-refractivity contribution < 1.29 is 4.52 Å². The van der Waals surface area contributed by atoms with Crippen molar-refractivity contribution in [3.05, 3.63) is 53.3 Å². The van der Waals surface area contributed by atoms with Crippen LogP contribution >= 0.6 is 0 Å². The number of hydrogen-bond acceptors (Lipinski definition) is 5. The molecule has 0 aliphatic heterocycles. The fourth-order valence-electron chi connectivity index (χ4n) is 3.31. The van der Waals surface area contributed by atoms with Gasteiger partial charge in [-0.25, -0.2) is 4.98 Å². The van der Waals surface area contributed by atoms with E-state index in [2.05, 4.69) is 20.8 Å². The van der Waals surface area contributed by atoms with Gasteiger partial charge in [0.2, 0.25) is 0 Å². The molecule has 1 aliphatic rings. The lowest BCUT2D eigenvalue weighted by Crippen LogP contribution is -1.99. The second-order valence-electron chi connectivity index (χ2n) is 6.59. The minimum absolute atomic E-state index is 0.555. The first-order valence-electron chi connectivity index (χ1n) is 8.32.